The second-order valence-electron chi connectivity index (χ2n) is 9.06. The number of hydrogen-bond donors (Lipinski definition) is 3. The van der Waals surface area contributed by atoms with Crippen molar-refractivity contribution in [1.82, 2.24) is 20.2 Å². The lowest BCUT2D eigenvalue weighted by atomic mass is 10.0. The number of hydrogen-bond acceptors (Lipinski definition) is 9. The van der Waals surface area contributed by atoms with Crippen LogP contribution in [0.5, 0.6) is 0 Å². The standard InChI is InChI=1S/C25H31BN8O2/c26-32-18-2-1-9-34(16-18)19-5-3-17(4-6-19)20-15-29-24(27)23(30-20)25(35)31-21-14-28-8-7-22(21)33-10-12-36-13-11-33/h3-8,14-15,18,32H,1-2,9-13,16,26H2,(H2,27,29)(H,31,35)/t18-/m1/s1. The molecule has 2 saturated heterocycles. The number of morpholine rings is 1. The molecule has 2 aliphatic rings. The molecule has 4 N–H and O–H groups in total. The van der Waals surface area contributed by atoms with Crippen LogP contribution in [0.1, 0.15) is 23.3 Å². The fourth-order valence-electron chi connectivity index (χ4n) is 4.74. The van der Waals surface area contributed by atoms with E-state index in [4.69, 9.17) is 10.5 Å². The van der Waals surface area contributed by atoms with Crippen molar-refractivity contribution in [3.05, 3.63) is 54.6 Å². The summed E-state index contributed by atoms with van der Waals surface area (Å²) in [6, 6.07) is 10.6. The van der Waals surface area contributed by atoms with Crippen molar-refractivity contribution in [2.45, 2.75) is 18.9 Å². The van der Waals surface area contributed by atoms with Crippen LogP contribution >= 0.6 is 0 Å². The molecule has 0 spiro atoms. The molecule has 0 unspecified atom stereocenters. The summed E-state index contributed by atoms with van der Waals surface area (Å²) in [5.74, 6) is -0.344. The van der Waals surface area contributed by atoms with Crippen molar-refractivity contribution in [2.24, 2.45) is 0 Å². The number of nitrogen functional groups attached to an aromatic ring is 1. The SMILES string of the molecule is BN[C@@H]1CCCN(c2ccc(-c3cnc(N)c(C(=O)Nc4cnccc4N4CCOCC4)n3)cc2)C1. The number of carbonyl (C=O) groups is 1. The topological polar surface area (TPSA) is 122 Å². The molecule has 4 heterocycles. The summed E-state index contributed by atoms with van der Waals surface area (Å²) in [7, 11) is 2.02. The molecule has 3 aromatic rings. The predicted molar refractivity (Wildman–Crippen MR) is 144 cm³/mol. The smallest absolute Gasteiger partial charge is 0.278 e. The highest BCUT2D eigenvalue weighted by atomic mass is 16.5. The molecule has 2 aromatic heterocycles. The molecule has 2 fully saturated rings. The number of nitrogens with two attached hydrogens (primary N) is 1. The summed E-state index contributed by atoms with van der Waals surface area (Å²) in [6.07, 6.45) is 7.31. The average Bonchev–Trinajstić information content (AvgIpc) is 2.94. The van der Waals surface area contributed by atoms with Gasteiger partial charge in [-0.1, -0.05) is 12.1 Å². The van der Waals surface area contributed by atoms with E-state index in [1.165, 1.54) is 18.5 Å². The van der Waals surface area contributed by atoms with Gasteiger partial charge in [0.1, 0.15) is 0 Å². The Hall–Kier alpha value is -3.70. The fraction of sp³-hybridized carbons (Fsp3) is 0.360. The van der Waals surface area contributed by atoms with Crippen molar-refractivity contribution in [1.29, 1.82) is 0 Å². The number of amides is 1. The van der Waals surface area contributed by atoms with E-state index in [0.717, 1.165) is 37.4 Å². The highest BCUT2D eigenvalue weighted by Gasteiger charge is 2.21. The van der Waals surface area contributed by atoms with Crippen molar-refractivity contribution in [3.63, 3.8) is 0 Å². The molecule has 1 atom stereocenters. The Kier molecular flexibility index (Phi) is 7.29. The van der Waals surface area contributed by atoms with Crippen molar-refractivity contribution in [3.8, 4) is 11.3 Å². The number of ether oxygens (including phenoxy) is 1. The molecular weight excluding hydrogens is 455 g/mol. The maximum atomic E-state index is 13.2. The zero-order valence-corrected chi connectivity index (χ0v) is 20.5. The van der Waals surface area contributed by atoms with Gasteiger partial charge in [-0.05, 0) is 31.0 Å². The number of rotatable bonds is 6. The van der Waals surface area contributed by atoms with Gasteiger partial charge in [0.05, 0.1) is 42.7 Å². The number of nitrogens with one attached hydrogen (secondary N) is 2. The van der Waals surface area contributed by atoms with Crippen LogP contribution in [0, 0.1) is 0 Å². The van der Waals surface area contributed by atoms with Gasteiger partial charge in [-0.25, -0.2) is 9.97 Å². The van der Waals surface area contributed by atoms with Gasteiger partial charge in [-0.15, -0.1) is 0 Å². The van der Waals surface area contributed by atoms with E-state index >= 15 is 0 Å². The maximum Gasteiger partial charge on any atom is 0.278 e. The Morgan fingerprint density at radius 1 is 1.08 bits per heavy atom. The molecular formula is C25H31BN8O2. The van der Waals surface area contributed by atoms with Gasteiger partial charge in [-0.2, -0.15) is 0 Å². The van der Waals surface area contributed by atoms with Crippen molar-refractivity contribution >= 4 is 36.8 Å². The Balaban J connectivity index is 1.34. The summed E-state index contributed by atoms with van der Waals surface area (Å²) >= 11 is 0. The first kappa shape index (κ1) is 24.0. The number of carbonyl (C=O) groups excluding carboxylic acids is 1. The molecule has 1 amide bonds. The summed E-state index contributed by atoms with van der Waals surface area (Å²) in [6.45, 7) is 4.80. The Morgan fingerprint density at radius 3 is 2.67 bits per heavy atom. The predicted octanol–water partition coefficient (Wildman–Crippen LogP) is 1.32. The number of piperidine rings is 1. The van der Waals surface area contributed by atoms with E-state index in [0.29, 0.717) is 30.6 Å². The van der Waals surface area contributed by atoms with Crippen LogP contribution in [0.15, 0.2) is 48.9 Å². The van der Waals surface area contributed by atoms with E-state index in [-0.39, 0.29) is 11.5 Å². The highest BCUT2D eigenvalue weighted by molar-refractivity contribution is 6.07. The van der Waals surface area contributed by atoms with Gasteiger partial charge in [0.25, 0.3) is 5.91 Å². The van der Waals surface area contributed by atoms with Gasteiger partial charge in [0.15, 0.2) is 19.5 Å². The third kappa shape index (κ3) is 5.27. The van der Waals surface area contributed by atoms with Gasteiger partial charge in [0.2, 0.25) is 0 Å². The van der Waals surface area contributed by atoms with Crippen molar-refractivity contribution < 1.29 is 9.53 Å². The first-order valence-corrected chi connectivity index (χ1v) is 12.4. The van der Waals surface area contributed by atoms with E-state index in [1.54, 1.807) is 18.6 Å². The highest BCUT2D eigenvalue weighted by Crippen LogP contribution is 2.28. The van der Waals surface area contributed by atoms with Crippen LogP contribution < -0.4 is 26.1 Å². The quantitative estimate of drug-likeness (QED) is 0.443. The molecule has 1 aromatic carbocycles. The minimum Gasteiger partial charge on any atom is -0.382 e. The molecule has 2 aliphatic heterocycles. The Labute approximate surface area is 211 Å². The number of nitrogens with zero attached hydrogens (tertiary/aromatic N) is 5. The molecule has 11 heteroatoms. The molecule has 0 aliphatic carbocycles. The molecule has 10 nitrogen and oxygen atoms in total. The van der Waals surface area contributed by atoms with Crippen LogP contribution in [0.4, 0.5) is 22.9 Å². The number of pyridine rings is 1. The minimum atomic E-state index is -0.424. The summed E-state index contributed by atoms with van der Waals surface area (Å²) in [5, 5.41) is 6.31. The first-order chi connectivity index (χ1) is 17.6. The van der Waals surface area contributed by atoms with E-state index in [2.05, 4.69) is 47.4 Å². The third-order valence-electron chi connectivity index (χ3n) is 6.77. The van der Waals surface area contributed by atoms with E-state index in [1.807, 2.05) is 26.2 Å². The molecule has 36 heavy (non-hydrogen) atoms. The normalized spacial score (nSPS) is 18.2. The molecule has 186 valence electrons. The second kappa shape index (κ2) is 10.9. The second-order valence-corrected chi connectivity index (χ2v) is 9.06. The van der Waals surface area contributed by atoms with Crippen LogP contribution in [0.3, 0.4) is 0 Å². The molecule has 0 bridgehead atoms. The van der Waals surface area contributed by atoms with Crippen LogP contribution in [-0.2, 0) is 4.74 Å². The zero-order valence-electron chi connectivity index (χ0n) is 20.5. The zero-order chi connectivity index (χ0) is 24.9. The van der Waals surface area contributed by atoms with Gasteiger partial charge in [0, 0.05) is 49.7 Å². The fourth-order valence-corrected chi connectivity index (χ4v) is 4.74. The van der Waals surface area contributed by atoms with E-state index < -0.39 is 5.91 Å². The molecule has 0 saturated carbocycles. The number of aromatic nitrogens is 3. The number of benzene rings is 1. The van der Waals surface area contributed by atoms with E-state index in [9.17, 15) is 4.79 Å². The summed E-state index contributed by atoms with van der Waals surface area (Å²) in [5.41, 5.74) is 10.3. The summed E-state index contributed by atoms with van der Waals surface area (Å²) in [4.78, 5) is 30.8. The Morgan fingerprint density at radius 2 is 1.89 bits per heavy atom. The van der Waals surface area contributed by atoms with Crippen LogP contribution in [0.25, 0.3) is 11.3 Å². The van der Waals surface area contributed by atoms with Crippen LogP contribution in [0.2, 0.25) is 0 Å². The average molecular weight is 486 g/mol. The minimum absolute atomic E-state index is 0.0797. The van der Waals surface area contributed by atoms with Gasteiger partial charge < -0.3 is 30.8 Å². The van der Waals surface area contributed by atoms with Gasteiger partial charge in [-0.3, -0.25) is 9.78 Å². The Bertz CT molecular complexity index is 1200. The third-order valence-corrected chi connectivity index (χ3v) is 6.77. The van der Waals surface area contributed by atoms with Crippen molar-refractivity contribution in [2.75, 3.05) is 60.2 Å². The lowest BCUT2D eigenvalue weighted by Crippen LogP contribution is -2.44. The number of anilines is 4. The maximum absolute atomic E-state index is 13.2. The largest absolute Gasteiger partial charge is 0.382 e. The van der Waals surface area contributed by atoms with Gasteiger partial charge >= 0.3 is 0 Å². The monoisotopic (exact) mass is 486 g/mol. The summed E-state index contributed by atoms with van der Waals surface area (Å²) < 4.78 is 5.45. The lowest BCUT2D eigenvalue weighted by Gasteiger charge is -2.34. The lowest BCUT2D eigenvalue weighted by molar-refractivity contribution is 0.102. The molecule has 5 rings (SSSR count). The van der Waals surface area contributed by atoms with Crippen LogP contribution in [-0.4, -0.2) is 74.3 Å². The first-order valence-electron chi connectivity index (χ1n) is 12.4. The molecule has 0 radical (unpaired) electrons.